The van der Waals surface area contributed by atoms with E-state index in [0.717, 1.165) is 0 Å². The van der Waals surface area contributed by atoms with Gasteiger partial charge in [0, 0.05) is 22.9 Å². The Hall–Kier alpha value is -4.26. The maximum absolute atomic E-state index is 13.0. The Balaban J connectivity index is 1.98. The summed E-state index contributed by atoms with van der Waals surface area (Å²) in [5.41, 5.74) is 1.30. The van der Waals surface area contributed by atoms with Crippen molar-refractivity contribution in [1.29, 1.82) is 0 Å². The number of aromatic hydroxyl groups is 1. The van der Waals surface area contributed by atoms with Gasteiger partial charge < -0.3 is 25.2 Å². The number of methoxy groups -OCH3 is 2. The summed E-state index contributed by atoms with van der Waals surface area (Å²) in [5.74, 6) is -0.106. The van der Waals surface area contributed by atoms with Crippen LogP contribution in [-0.2, 0) is 4.79 Å². The molecule has 0 saturated heterocycles. The van der Waals surface area contributed by atoms with Crippen molar-refractivity contribution >= 4 is 23.6 Å². The zero-order valence-corrected chi connectivity index (χ0v) is 17.1. The summed E-state index contributed by atoms with van der Waals surface area (Å²) in [6, 6.07) is 19.9. The topological polar surface area (TPSA) is 96.9 Å². The molecule has 0 fully saturated rings. The van der Waals surface area contributed by atoms with Crippen LogP contribution in [0.2, 0.25) is 0 Å². The minimum absolute atomic E-state index is 0.00566. The number of ether oxygens (including phenoxy) is 2. The summed E-state index contributed by atoms with van der Waals surface area (Å²) in [6.07, 6.45) is 1.50. The highest BCUT2D eigenvalue weighted by Gasteiger charge is 2.17. The molecule has 7 nitrogen and oxygen atoms in total. The van der Waals surface area contributed by atoms with Crippen molar-refractivity contribution in [3.05, 3.63) is 89.6 Å². The summed E-state index contributed by atoms with van der Waals surface area (Å²) in [6.45, 7) is 0. The maximum atomic E-state index is 13.0. The molecule has 7 heteroatoms. The molecule has 0 aliphatic heterocycles. The van der Waals surface area contributed by atoms with Crippen LogP contribution in [0.25, 0.3) is 6.08 Å². The Morgan fingerprint density at radius 3 is 2.32 bits per heavy atom. The fourth-order valence-corrected chi connectivity index (χ4v) is 2.91. The molecule has 31 heavy (non-hydrogen) atoms. The van der Waals surface area contributed by atoms with E-state index < -0.39 is 11.8 Å². The van der Waals surface area contributed by atoms with E-state index in [9.17, 15) is 14.7 Å². The van der Waals surface area contributed by atoms with Gasteiger partial charge >= 0.3 is 0 Å². The molecular formula is C24H22N2O5. The first-order chi connectivity index (χ1) is 15.0. The first-order valence-electron chi connectivity index (χ1n) is 9.41. The van der Waals surface area contributed by atoms with Gasteiger partial charge in [0.1, 0.15) is 11.4 Å². The predicted octanol–water partition coefficient (Wildman–Crippen LogP) is 3.82. The molecule has 0 aliphatic rings. The van der Waals surface area contributed by atoms with E-state index in [4.69, 9.17) is 9.47 Å². The van der Waals surface area contributed by atoms with Crippen molar-refractivity contribution in [2.75, 3.05) is 19.5 Å². The molecule has 0 radical (unpaired) electrons. The van der Waals surface area contributed by atoms with Gasteiger partial charge in [-0.25, -0.2) is 0 Å². The average Bonchev–Trinajstić information content (AvgIpc) is 2.78. The number of phenolic OH excluding ortho intramolecular Hbond substituents is 1. The lowest BCUT2D eigenvalue weighted by Gasteiger charge is -2.14. The van der Waals surface area contributed by atoms with Crippen LogP contribution in [0.5, 0.6) is 17.2 Å². The number of amides is 2. The minimum Gasteiger partial charge on any atom is -0.508 e. The third-order valence-electron chi connectivity index (χ3n) is 4.37. The van der Waals surface area contributed by atoms with Gasteiger partial charge in [0.2, 0.25) is 0 Å². The van der Waals surface area contributed by atoms with E-state index in [0.29, 0.717) is 28.3 Å². The first-order valence-corrected chi connectivity index (χ1v) is 9.41. The molecular weight excluding hydrogens is 396 g/mol. The van der Waals surface area contributed by atoms with Crippen molar-refractivity contribution in [3.63, 3.8) is 0 Å². The van der Waals surface area contributed by atoms with E-state index in [1.165, 1.54) is 32.4 Å². The number of benzene rings is 3. The largest absolute Gasteiger partial charge is 0.508 e. The number of carbonyl (C=O) groups excluding carboxylic acids is 2. The normalized spacial score (nSPS) is 10.8. The second kappa shape index (κ2) is 9.98. The Kier molecular flexibility index (Phi) is 6.90. The molecule has 0 unspecified atom stereocenters. The van der Waals surface area contributed by atoms with Crippen molar-refractivity contribution in [3.8, 4) is 17.2 Å². The van der Waals surface area contributed by atoms with Crippen LogP contribution in [0.15, 0.2) is 78.5 Å². The summed E-state index contributed by atoms with van der Waals surface area (Å²) >= 11 is 0. The number of carbonyl (C=O) groups is 2. The molecule has 158 valence electrons. The minimum atomic E-state index is -0.570. The summed E-state index contributed by atoms with van der Waals surface area (Å²) in [5, 5.41) is 15.0. The van der Waals surface area contributed by atoms with E-state index in [-0.39, 0.29) is 11.4 Å². The van der Waals surface area contributed by atoms with Crippen molar-refractivity contribution in [1.82, 2.24) is 5.32 Å². The molecule has 2 amide bonds. The molecule has 0 bridgehead atoms. The number of nitrogens with one attached hydrogen (secondary N) is 2. The van der Waals surface area contributed by atoms with Gasteiger partial charge in [-0.05, 0) is 36.4 Å². The Bertz CT molecular complexity index is 1110. The van der Waals surface area contributed by atoms with Gasteiger partial charge in [-0.1, -0.05) is 36.4 Å². The Morgan fingerprint density at radius 1 is 0.903 bits per heavy atom. The summed E-state index contributed by atoms with van der Waals surface area (Å²) < 4.78 is 10.7. The molecule has 3 aromatic rings. The number of phenols is 1. The van der Waals surface area contributed by atoms with Gasteiger partial charge in [-0.3, -0.25) is 9.59 Å². The molecule has 3 rings (SSSR count). The van der Waals surface area contributed by atoms with E-state index in [1.807, 2.05) is 0 Å². The van der Waals surface area contributed by atoms with Crippen molar-refractivity contribution < 1.29 is 24.2 Å². The smallest absolute Gasteiger partial charge is 0.272 e. The third kappa shape index (κ3) is 5.42. The molecule has 0 spiro atoms. The molecule has 0 heterocycles. The van der Waals surface area contributed by atoms with Crippen molar-refractivity contribution in [2.24, 2.45) is 0 Å². The van der Waals surface area contributed by atoms with Gasteiger partial charge in [0.15, 0.2) is 11.5 Å². The molecule has 0 atom stereocenters. The predicted molar refractivity (Wildman–Crippen MR) is 118 cm³/mol. The van der Waals surface area contributed by atoms with Crippen LogP contribution in [0, 0.1) is 0 Å². The second-order valence-electron chi connectivity index (χ2n) is 6.47. The number of para-hydroxylation sites is 1. The summed E-state index contributed by atoms with van der Waals surface area (Å²) in [7, 11) is 3.00. The fraction of sp³-hybridized carbons (Fsp3) is 0.0833. The molecule has 0 saturated carbocycles. The zero-order chi connectivity index (χ0) is 22.2. The van der Waals surface area contributed by atoms with Crippen LogP contribution >= 0.6 is 0 Å². The third-order valence-corrected chi connectivity index (χ3v) is 4.37. The number of hydrogen-bond acceptors (Lipinski definition) is 5. The SMILES string of the molecule is COc1cccc(/C=C(\NC(=O)c2ccccc2)C(=O)Nc2cccc(O)c2)c1OC. The molecule has 3 N–H and O–H groups in total. The van der Waals surface area contributed by atoms with Crippen LogP contribution in [0.1, 0.15) is 15.9 Å². The Morgan fingerprint density at radius 2 is 1.65 bits per heavy atom. The van der Waals surface area contributed by atoms with E-state index >= 15 is 0 Å². The molecule has 0 aromatic heterocycles. The van der Waals surface area contributed by atoms with E-state index in [2.05, 4.69) is 10.6 Å². The highest BCUT2D eigenvalue weighted by Crippen LogP contribution is 2.32. The first kappa shape index (κ1) is 21.4. The van der Waals surface area contributed by atoms with Crippen LogP contribution in [-0.4, -0.2) is 31.1 Å². The highest BCUT2D eigenvalue weighted by atomic mass is 16.5. The number of hydrogen-bond donors (Lipinski definition) is 3. The van der Waals surface area contributed by atoms with Crippen LogP contribution in [0.4, 0.5) is 5.69 Å². The van der Waals surface area contributed by atoms with E-state index in [1.54, 1.807) is 60.7 Å². The lowest BCUT2D eigenvalue weighted by Crippen LogP contribution is -2.30. The van der Waals surface area contributed by atoms with Gasteiger partial charge in [-0.2, -0.15) is 0 Å². The molecule has 0 aliphatic carbocycles. The van der Waals surface area contributed by atoms with Gasteiger partial charge in [-0.15, -0.1) is 0 Å². The number of anilines is 1. The number of rotatable bonds is 7. The Labute approximate surface area is 179 Å². The van der Waals surface area contributed by atoms with Crippen molar-refractivity contribution in [2.45, 2.75) is 0 Å². The van der Waals surface area contributed by atoms with Crippen LogP contribution < -0.4 is 20.1 Å². The fourth-order valence-electron chi connectivity index (χ4n) is 2.91. The monoisotopic (exact) mass is 418 g/mol. The second-order valence-corrected chi connectivity index (χ2v) is 6.47. The maximum Gasteiger partial charge on any atom is 0.272 e. The van der Waals surface area contributed by atoms with Gasteiger partial charge in [0.25, 0.3) is 11.8 Å². The molecule has 3 aromatic carbocycles. The summed E-state index contributed by atoms with van der Waals surface area (Å²) in [4.78, 5) is 25.7. The lowest BCUT2D eigenvalue weighted by atomic mass is 10.1. The lowest BCUT2D eigenvalue weighted by molar-refractivity contribution is -0.113. The standard InChI is InChI=1S/C24H22N2O5/c1-30-21-13-6-10-17(22(21)31-2)14-20(26-23(28)16-8-4-3-5-9-16)24(29)25-18-11-7-12-19(27)15-18/h3-15,27H,1-2H3,(H,25,29)(H,26,28)/b20-14-. The van der Waals surface area contributed by atoms with Crippen LogP contribution in [0.3, 0.4) is 0 Å². The average molecular weight is 418 g/mol. The zero-order valence-electron chi connectivity index (χ0n) is 17.1. The quantitative estimate of drug-likeness (QED) is 0.507. The van der Waals surface area contributed by atoms with Gasteiger partial charge in [0.05, 0.1) is 14.2 Å². The highest BCUT2D eigenvalue weighted by molar-refractivity contribution is 6.10.